The highest BCUT2D eigenvalue weighted by atomic mass is 35.5. The Morgan fingerprint density at radius 2 is 1.63 bits per heavy atom. The highest BCUT2D eigenvalue weighted by Crippen LogP contribution is 2.13. The van der Waals surface area contributed by atoms with Gasteiger partial charge in [-0.3, -0.25) is 9.59 Å². The van der Waals surface area contributed by atoms with Crippen LogP contribution in [0.4, 0.5) is 5.69 Å². The van der Waals surface area contributed by atoms with Gasteiger partial charge in [-0.15, -0.1) is 24.8 Å². The van der Waals surface area contributed by atoms with E-state index in [1.54, 1.807) is 24.3 Å². The van der Waals surface area contributed by atoms with Crippen molar-refractivity contribution < 1.29 is 9.59 Å². The van der Waals surface area contributed by atoms with Gasteiger partial charge in [-0.25, -0.2) is 0 Å². The maximum absolute atomic E-state index is 12.4. The molecule has 30 heavy (non-hydrogen) atoms. The molecule has 0 bridgehead atoms. The molecule has 0 unspecified atom stereocenters. The fraction of sp³-hybridized carbons (Fsp3) is 0.364. The Morgan fingerprint density at radius 3 is 2.30 bits per heavy atom. The van der Waals surface area contributed by atoms with Crippen LogP contribution in [-0.2, 0) is 6.54 Å². The lowest BCUT2D eigenvalue weighted by Crippen LogP contribution is -2.33. The quantitative estimate of drug-likeness (QED) is 0.562. The Bertz CT molecular complexity index is 838. The highest BCUT2D eigenvalue weighted by molar-refractivity contribution is 5.96. The monoisotopic (exact) mass is 452 g/mol. The topological polar surface area (TPSA) is 87.5 Å². The van der Waals surface area contributed by atoms with E-state index in [1.165, 1.54) is 12.8 Å². The van der Waals surface area contributed by atoms with E-state index in [-0.39, 0.29) is 36.6 Å². The van der Waals surface area contributed by atoms with E-state index < -0.39 is 0 Å². The van der Waals surface area contributed by atoms with Crippen molar-refractivity contribution in [3.8, 4) is 0 Å². The summed E-state index contributed by atoms with van der Waals surface area (Å²) in [5, 5.41) is 5.86. The third-order valence-corrected chi connectivity index (χ3v) is 5.09. The molecule has 2 aromatic rings. The molecule has 1 aliphatic rings. The zero-order valence-electron chi connectivity index (χ0n) is 17.1. The second kappa shape index (κ2) is 12.4. The Kier molecular flexibility index (Phi) is 10.7. The maximum atomic E-state index is 12.4. The number of amides is 2. The van der Waals surface area contributed by atoms with Crippen molar-refractivity contribution in [2.24, 2.45) is 0 Å². The highest BCUT2D eigenvalue weighted by Gasteiger charge is 2.12. The molecule has 4 N–H and O–H groups in total. The predicted molar refractivity (Wildman–Crippen MR) is 126 cm³/mol. The number of carbonyl (C=O) groups excluding carboxylic acids is 2. The Hall–Kier alpha value is -2.28. The number of nitrogen functional groups attached to an aromatic ring is 1. The van der Waals surface area contributed by atoms with Gasteiger partial charge in [-0.05, 0) is 68.2 Å². The number of nitrogens with zero attached hydrogens (tertiary/aromatic N) is 1. The van der Waals surface area contributed by atoms with Crippen molar-refractivity contribution in [1.82, 2.24) is 15.5 Å². The smallest absolute Gasteiger partial charge is 0.251 e. The van der Waals surface area contributed by atoms with Gasteiger partial charge in [0.15, 0.2) is 0 Å². The number of nitrogens with one attached hydrogen (secondary N) is 2. The minimum absolute atomic E-state index is 0. The molecule has 2 aromatic carbocycles. The van der Waals surface area contributed by atoms with Crippen LogP contribution in [-0.4, -0.2) is 42.9 Å². The third-order valence-electron chi connectivity index (χ3n) is 5.09. The molecule has 0 atom stereocenters. The predicted octanol–water partition coefficient (Wildman–Crippen LogP) is 3.18. The van der Waals surface area contributed by atoms with Crippen molar-refractivity contribution in [2.75, 3.05) is 31.9 Å². The minimum Gasteiger partial charge on any atom is -0.399 e. The van der Waals surface area contributed by atoms with Crippen LogP contribution in [0.25, 0.3) is 0 Å². The number of likely N-dealkylation sites (tertiary alicyclic amines) is 1. The molecule has 1 saturated heterocycles. The summed E-state index contributed by atoms with van der Waals surface area (Å²) < 4.78 is 0. The molecule has 1 fully saturated rings. The van der Waals surface area contributed by atoms with E-state index in [0.29, 0.717) is 29.9 Å². The van der Waals surface area contributed by atoms with Crippen LogP contribution in [0.1, 0.15) is 44.7 Å². The van der Waals surface area contributed by atoms with Gasteiger partial charge in [0, 0.05) is 36.4 Å². The summed E-state index contributed by atoms with van der Waals surface area (Å²) in [5.41, 5.74) is 9.35. The van der Waals surface area contributed by atoms with Crippen molar-refractivity contribution in [1.29, 1.82) is 0 Å². The minimum atomic E-state index is -0.159. The number of halogens is 2. The van der Waals surface area contributed by atoms with Crippen molar-refractivity contribution >= 4 is 42.3 Å². The molecule has 2 amide bonds. The summed E-state index contributed by atoms with van der Waals surface area (Å²) in [6.07, 6.45) is 2.51. The van der Waals surface area contributed by atoms with Crippen LogP contribution in [0.3, 0.4) is 0 Å². The molecular formula is C22H30Cl2N4O2. The summed E-state index contributed by atoms with van der Waals surface area (Å²) >= 11 is 0. The number of anilines is 1. The average Bonchev–Trinajstić information content (AvgIpc) is 3.22. The lowest BCUT2D eigenvalue weighted by molar-refractivity contribution is 0.0940. The number of nitrogens with two attached hydrogens (primary N) is 1. The summed E-state index contributed by atoms with van der Waals surface area (Å²) in [6.45, 7) is 6.10. The van der Waals surface area contributed by atoms with Crippen LogP contribution in [0, 0.1) is 6.92 Å². The molecule has 0 aromatic heterocycles. The van der Waals surface area contributed by atoms with E-state index in [4.69, 9.17) is 5.73 Å². The van der Waals surface area contributed by atoms with E-state index >= 15 is 0 Å². The second-order valence-electron chi connectivity index (χ2n) is 7.26. The van der Waals surface area contributed by atoms with E-state index in [2.05, 4.69) is 15.5 Å². The number of hydrogen-bond donors (Lipinski definition) is 3. The van der Waals surface area contributed by atoms with E-state index in [9.17, 15) is 9.59 Å². The lowest BCUT2D eigenvalue weighted by Gasteiger charge is -2.14. The first-order chi connectivity index (χ1) is 13.5. The summed E-state index contributed by atoms with van der Waals surface area (Å²) in [6, 6.07) is 12.6. The van der Waals surface area contributed by atoms with E-state index in [1.807, 2.05) is 25.1 Å². The summed E-state index contributed by atoms with van der Waals surface area (Å²) in [4.78, 5) is 27.0. The van der Waals surface area contributed by atoms with Gasteiger partial charge >= 0.3 is 0 Å². The molecule has 1 aliphatic heterocycles. The first-order valence-corrected chi connectivity index (χ1v) is 9.77. The van der Waals surface area contributed by atoms with Crippen molar-refractivity contribution in [3.63, 3.8) is 0 Å². The molecule has 3 rings (SSSR count). The average molecular weight is 453 g/mol. The zero-order valence-corrected chi connectivity index (χ0v) is 18.8. The standard InChI is InChI=1S/C22H28N4O2.2ClH/c1-16-4-9-19(23)14-20(16)22(28)25-15-17-5-7-18(8-6-17)21(27)24-10-13-26-11-2-3-12-26;;/h4-9,14H,2-3,10-13,15,23H2,1H3,(H,24,27)(H,25,28);2*1H. The fourth-order valence-electron chi connectivity index (χ4n) is 3.37. The molecule has 0 aliphatic carbocycles. The number of rotatable bonds is 7. The molecule has 0 spiro atoms. The first-order valence-electron chi connectivity index (χ1n) is 9.77. The molecular weight excluding hydrogens is 423 g/mol. The molecule has 6 nitrogen and oxygen atoms in total. The SMILES string of the molecule is Cc1ccc(N)cc1C(=O)NCc1ccc(C(=O)NCCN2CCCC2)cc1.Cl.Cl. The number of aryl methyl sites for hydroxylation is 1. The van der Waals surface area contributed by atoms with Gasteiger partial charge in [0.1, 0.15) is 0 Å². The van der Waals surface area contributed by atoms with E-state index in [0.717, 1.165) is 30.8 Å². The Morgan fingerprint density at radius 1 is 0.967 bits per heavy atom. The number of benzene rings is 2. The normalized spacial score (nSPS) is 13.1. The van der Waals surface area contributed by atoms with Crippen molar-refractivity contribution in [3.05, 3.63) is 64.7 Å². The maximum Gasteiger partial charge on any atom is 0.251 e. The largest absolute Gasteiger partial charge is 0.399 e. The van der Waals surface area contributed by atoms with Crippen LogP contribution < -0.4 is 16.4 Å². The number of carbonyl (C=O) groups is 2. The number of hydrogen-bond acceptors (Lipinski definition) is 4. The van der Waals surface area contributed by atoms with Gasteiger partial charge in [0.25, 0.3) is 11.8 Å². The van der Waals surface area contributed by atoms with Gasteiger partial charge in [0.2, 0.25) is 0 Å². The fourth-order valence-corrected chi connectivity index (χ4v) is 3.37. The van der Waals surface area contributed by atoms with Gasteiger partial charge in [-0.1, -0.05) is 18.2 Å². The zero-order chi connectivity index (χ0) is 19.9. The summed E-state index contributed by atoms with van der Waals surface area (Å²) in [5.74, 6) is -0.223. The second-order valence-corrected chi connectivity index (χ2v) is 7.26. The molecule has 1 heterocycles. The Balaban J connectivity index is 0.00000225. The lowest BCUT2D eigenvalue weighted by atomic mass is 10.1. The first kappa shape index (κ1) is 25.8. The third kappa shape index (κ3) is 7.20. The van der Waals surface area contributed by atoms with Crippen molar-refractivity contribution in [2.45, 2.75) is 26.3 Å². The van der Waals surface area contributed by atoms with Crippen LogP contribution >= 0.6 is 24.8 Å². The summed E-state index contributed by atoms with van der Waals surface area (Å²) in [7, 11) is 0. The molecule has 8 heteroatoms. The van der Waals surface area contributed by atoms with Crippen LogP contribution in [0.15, 0.2) is 42.5 Å². The van der Waals surface area contributed by atoms with Crippen LogP contribution in [0.5, 0.6) is 0 Å². The van der Waals surface area contributed by atoms with Gasteiger partial charge in [0.05, 0.1) is 0 Å². The van der Waals surface area contributed by atoms with Crippen LogP contribution in [0.2, 0.25) is 0 Å². The molecule has 0 saturated carbocycles. The van der Waals surface area contributed by atoms with Gasteiger partial charge in [-0.2, -0.15) is 0 Å². The van der Waals surface area contributed by atoms with Gasteiger partial charge < -0.3 is 21.3 Å². The Labute approximate surface area is 190 Å². The molecule has 0 radical (unpaired) electrons. The molecule has 164 valence electrons.